The Labute approximate surface area is 124 Å². The van der Waals surface area contributed by atoms with Gasteiger partial charge in [0.05, 0.1) is 7.11 Å². The molecule has 1 unspecified atom stereocenters. The fourth-order valence-corrected chi connectivity index (χ4v) is 2.57. The Kier molecular flexibility index (Phi) is 4.92. The van der Waals surface area contributed by atoms with E-state index in [9.17, 15) is 4.21 Å². The van der Waals surface area contributed by atoms with Crippen LogP contribution in [0.15, 0.2) is 30.5 Å². The molecule has 1 heterocycles. The second-order valence-electron chi connectivity index (χ2n) is 4.07. The number of anilines is 2. The minimum atomic E-state index is -0.950. The van der Waals surface area contributed by atoms with Crippen LogP contribution in [0, 0.1) is 0 Å². The first-order valence-electron chi connectivity index (χ1n) is 5.81. The molecule has 1 aromatic carbocycles. The summed E-state index contributed by atoms with van der Waals surface area (Å²) in [4.78, 5) is 8.26. The van der Waals surface area contributed by atoms with Crippen molar-refractivity contribution in [1.82, 2.24) is 9.97 Å². The molecule has 0 spiro atoms. The normalized spacial score (nSPS) is 11.9. The first kappa shape index (κ1) is 14.7. The van der Waals surface area contributed by atoms with Crippen molar-refractivity contribution < 1.29 is 8.95 Å². The second-order valence-corrected chi connectivity index (χ2v) is 5.91. The molecule has 0 bridgehead atoms. The molecule has 0 aliphatic carbocycles. The van der Waals surface area contributed by atoms with Crippen molar-refractivity contribution in [3.8, 4) is 5.88 Å². The topological polar surface area (TPSA) is 64.1 Å². The second kappa shape index (κ2) is 6.67. The Balaban J connectivity index is 2.22. The van der Waals surface area contributed by atoms with E-state index in [-0.39, 0.29) is 0 Å². The summed E-state index contributed by atoms with van der Waals surface area (Å²) in [5, 5.41) is 3.65. The maximum atomic E-state index is 11.3. The van der Waals surface area contributed by atoms with E-state index >= 15 is 0 Å². The van der Waals surface area contributed by atoms with E-state index in [1.165, 1.54) is 0 Å². The van der Waals surface area contributed by atoms with E-state index in [0.717, 1.165) is 11.3 Å². The van der Waals surface area contributed by atoms with Crippen molar-refractivity contribution in [2.24, 2.45) is 0 Å². The molecule has 1 N–H and O–H groups in total. The summed E-state index contributed by atoms with van der Waals surface area (Å²) in [7, 11) is 0.595. The largest absolute Gasteiger partial charge is 0.481 e. The quantitative estimate of drug-likeness (QED) is 0.920. The van der Waals surface area contributed by atoms with Crippen LogP contribution in [0.2, 0.25) is 5.02 Å². The van der Waals surface area contributed by atoms with Crippen molar-refractivity contribution in [3.63, 3.8) is 0 Å². The van der Waals surface area contributed by atoms with Gasteiger partial charge in [-0.15, -0.1) is 0 Å². The van der Waals surface area contributed by atoms with Crippen LogP contribution >= 0.6 is 11.6 Å². The zero-order chi connectivity index (χ0) is 14.5. The lowest BCUT2D eigenvalue weighted by molar-refractivity contribution is 0.397. The summed E-state index contributed by atoms with van der Waals surface area (Å²) >= 11 is 6.08. The molecular weight excluding hydrogens is 298 g/mol. The number of halogens is 1. The minimum absolute atomic E-state index is 0.410. The van der Waals surface area contributed by atoms with Crippen LogP contribution in [0.4, 0.5) is 11.6 Å². The Morgan fingerprint density at radius 2 is 2.20 bits per heavy atom. The molecule has 20 heavy (non-hydrogen) atoms. The first-order chi connectivity index (χ1) is 9.58. The van der Waals surface area contributed by atoms with Crippen molar-refractivity contribution in [1.29, 1.82) is 0 Å². The van der Waals surface area contributed by atoms with Gasteiger partial charge in [0.1, 0.15) is 0 Å². The molecule has 0 radical (unpaired) electrons. The van der Waals surface area contributed by atoms with Crippen LogP contribution in [0.5, 0.6) is 5.88 Å². The fourth-order valence-electron chi connectivity index (χ4n) is 1.63. The van der Waals surface area contributed by atoms with Gasteiger partial charge in [-0.25, -0.2) is 4.98 Å². The van der Waals surface area contributed by atoms with Gasteiger partial charge in [-0.2, -0.15) is 4.98 Å². The summed E-state index contributed by atoms with van der Waals surface area (Å²) in [6, 6.07) is 7.07. The smallest absolute Gasteiger partial charge is 0.230 e. The predicted molar refractivity (Wildman–Crippen MR) is 81.1 cm³/mol. The van der Waals surface area contributed by atoms with Crippen molar-refractivity contribution in [2.75, 3.05) is 18.7 Å². The highest BCUT2D eigenvalue weighted by atomic mass is 35.5. The lowest BCUT2D eigenvalue weighted by atomic mass is 10.2. The molecule has 0 amide bonds. The van der Waals surface area contributed by atoms with Crippen molar-refractivity contribution >= 4 is 34.0 Å². The van der Waals surface area contributed by atoms with Crippen LogP contribution < -0.4 is 10.1 Å². The van der Waals surface area contributed by atoms with Gasteiger partial charge in [0.25, 0.3) is 0 Å². The summed E-state index contributed by atoms with van der Waals surface area (Å²) in [5.41, 5.74) is 1.60. The SMILES string of the molecule is COc1ccnc(Nc2ccc(Cl)c(CS(C)=O)c2)n1. The van der Waals surface area contributed by atoms with E-state index in [0.29, 0.717) is 22.6 Å². The van der Waals surface area contributed by atoms with Gasteiger partial charge in [0.15, 0.2) is 0 Å². The predicted octanol–water partition coefficient (Wildman–Crippen LogP) is 2.76. The molecular formula is C13H14ClN3O2S. The number of aromatic nitrogens is 2. The summed E-state index contributed by atoms with van der Waals surface area (Å²) in [6.07, 6.45) is 3.24. The van der Waals surface area contributed by atoms with Gasteiger partial charge in [-0.1, -0.05) is 11.6 Å². The zero-order valence-electron chi connectivity index (χ0n) is 11.1. The van der Waals surface area contributed by atoms with E-state index in [1.54, 1.807) is 31.7 Å². The van der Waals surface area contributed by atoms with Gasteiger partial charge in [-0.05, 0) is 23.8 Å². The number of hydrogen-bond acceptors (Lipinski definition) is 5. The molecule has 5 nitrogen and oxygen atoms in total. The molecule has 106 valence electrons. The highest BCUT2D eigenvalue weighted by Gasteiger charge is 2.06. The molecule has 0 fully saturated rings. The number of methoxy groups -OCH3 is 1. The number of ether oxygens (including phenoxy) is 1. The van der Waals surface area contributed by atoms with Crippen LogP contribution in [0.25, 0.3) is 0 Å². The molecule has 7 heteroatoms. The number of nitrogens with one attached hydrogen (secondary N) is 1. The third kappa shape index (κ3) is 3.91. The van der Waals surface area contributed by atoms with Crippen molar-refractivity contribution in [3.05, 3.63) is 41.0 Å². The molecule has 2 rings (SSSR count). The number of nitrogens with zero attached hydrogens (tertiary/aromatic N) is 2. The standard InChI is InChI=1S/C13H14ClN3O2S/c1-19-12-5-6-15-13(17-12)16-10-3-4-11(14)9(7-10)8-20(2)18/h3-7H,8H2,1-2H3,(H,15,16,17). The van der Waals surface area contributed by atoms with Gasteiger partial charge in [-0.3, -0.25) is 4.21 Å². The zero-order valence-corrected chi connectivity index (χ0v) is 12.7. The average Bonchev–Trinajstić information content (AvgIpc) is 2.42. The first-order valence-corrected chi connectivity index (χ1v) is 7.91. The summed E-state index contributed by atoms with van der Waals surface area (Å²) in [5.74, 6) is 1.31. The fraction of sp³-hybridized carbons (Fsp3) is 0.231. The monoisotopic (exact) mass is 311 g/mol. The lowest BCUT2D eigenvalue weighted by Crippen LogP contribution is -2.00. The third-order valence-corrected chi connectivity index (χ3v) is 3.59. The Hall–Kier alpha value is -1.66. The summed E-state index contributed by atoms with van der Waals surface area (Å²) in [6.45, 7) is 0. The molecule has 1 atom stereocenters. The van der Waals surface area contributed by atoms with Crippen LogP contribution in [-0.4, -0.2) is 27.5 Å². The van der Waals surface area contributed by atoms with Gasteiger partial charge in [0.2, 0.25) is 11.8 Å². The van der Waals surface area contributed by atoms with Crippen LogP contribution in [-0.2, 0) is 16.6 Å². The van der Waals surface area contributed by atoms with E-state index in [4.69, 9.17) is 16.3 Å². The minimum Gasteiger partial charge on any atom is -0.481 e. The molecule has 0 saturated heterocycles. The van der Waals surface area contributed by atoms with E-state index in [2.05, 4.69) is 15.3 Å². The van der Waals surface area contributed by atoms with Crippen LogP contribution in [0.3, 0.4) is 0 Å². The van der Waals surface area contributed by atoms with Crippen molar-refractivity contribution in [2.45, 2.75) is 5.75 Å². The van der Waals surface area contributed by atoms with Gasteiger partial charge in [0, 0.05) is 45.8 Å². The Morgan fingerprint density at radius 3 is 2.90 bits per heavy atom. The number of benzene rings is 1. The maximum absolute atomic E-state index is 11.3. The molecule has 0 aliphatic rings. The van der Waals surface area contributed by atoms with Gasteiger partial charge < -0.3 is 10.1 Å². The third-order valence-electron chi connectivity index (χ3n) is 2.50. The summed E-state index contributed by atoms with van der Waals surface area (Å²) < 4.78 is 16.3. The highest BCUT2D eigenvalue weighted by molar-refractivity contribution is 7.83. The highest BCUT2D eigenvalue weighted by Crippen LogP contribution is 2.23. The molecule has 0 aliphatic heterocycles. The van der Waals surface area contributed by atoms with Crippen LogP contribution in [0.1, 0.15) is 5.56 Å². The Morgan fingerprint density at radius 1 is 1.40 bits per heavy atom. The number of hydrogen-bond donors (Lipinski definition) is 1. The molecule has 0 saturated carbocycles. The Bertz CT molecular complexity index is 637. The van der Waals surface area contributed by atoms with E-state index in [1.807, 2.05) is 12.1 Å². The van der Waals surface area contributed by atoms with E-state index < -0.39 is 10.8 Å². The average molecular weight is 312 g/mol. The maximum Gasteiger partial charge on any atom is 0.230 e. The lowest BCUT2D eigenvalue weighted by Gasteiger charge is -2.09. The number of rotatable bonds is 5. The molecule has 1 aromatic heterocycles. The van der Waals surface area contributed by atoms with Gasteiger partial charge >= 0.3 is 0 Å². The molecule has 2 aromatic rings.